The van der Waals surface area contributed by atoms with Gasteiger partial charge in [0.25, 0.3) is 5.56 Å². The van der Waals surface area contributed by atoms with Crippen molar-refractivity contribution in [3.05, 3.63) is 27.7 Å². The molecule has 3 heterocycles. The molecule has 122 valence electrons. The number of aromatic amines is 1. The van der Waals surface area contributed by atoms with E-state index in [0.717, 1.165) is 0 Å². The van der Waals surface area contributed by atoms with Crippen molar-refractivity contribution in [1.82, 2.24) is 15.0 Å². The molecule has 0 spiro atoms. The number of pyridine rings is 1. The van der Waals surface area contributed by atoms with Crippen LogP contribution >= 0.6 is 0 Å². The number of nitrogens with zero attached hydrogens (tertiary/aromatic N) is 3. The third-order valence-corrected chi connectivity index (χ3v) is 3.79. The number of hydrogen-bond acceptors (Lipinski definition) is 7. The highest BCUT2D eigenvalue weighted by Crippen LogP contribution is 2.18. The number of hydrogen-bond donors (Lipinski definition) is 1. The highest BCUT2D eigenvalue weighted by molar-refractivity contribution is 5.95. The summed E-state index contributed by atoms with van der Waals surface area (Å²) in [4.78, 5) is 37.7. The van der Waals surface area contributed by atoms with Gasteiger partial charge in [-0.25, -0.2) is 9.78 Å². The first kappa shape index (κ1) is 15.4. The molecule has 0 aliphatic carbocycles. The van der Waals surface area contributed by atoms with Crippen molar-refractivity contribution >= 4 is 23.0 Å². The molecule has 2 aromatic heterocycles. The van der Waals surface area contributed by atoms with Crippen LogP contribution in [0.3, 0.4) is 0 Å². The predicted octanol–water partition coefficient (Wildman–Crippen LogP) is 0.640. The number of anilines is 1. The van der Waals surface area contributed by atoms with Gasteiger partial charge in [0, 0.05) is 19.3 Å². The molecule has 0 atom stereocenters. The van der Waals surface area contributed by atoms with Gasteiger partial charge in [0.15, 0.2) is 5.65 Å². The highest BCUT2D eigenvalue weighted by Gasteiger charge is 2.19. The topological polar surface area (TPSA) is 97.4 Å². The largest absolute Gasteiger partial charge is 0.462 e. The van der Waals surface area contributed by atoms with Gasteiger partial charge in [0.1, 0.15) is 0 Å². The Morgan fingerprint density at radius 2 is 2.17 bits per heavy atom. The number of aromatic nitrogens is 3. The Kier molecular flexibility index (Phi) is 4.24. The van der Waals surface area contributed by atoms with Gasteiger partial charge < -0.3 is 14.4 Å². The summed E-state index contributed by atoms with van der Waals surface area (Å²) in [6.07, 6.45) is 1.41. The maximum absolute atomic E-state index is 12.5. The molecule has 2 aromatic rings. The maximum Gasteiger partial charge on any atom is 0.339 e. The zero-order chi connectivity index (χ0) is 16.4. The lowest BCUT2D eigenvalue weighted by Gasteiger charge is -2.27. The fourth-order valence-electron chi connectivity index (χ4n) is 2.58. The first-order valence-corrected chi connectivity index (χ1v) is 7.51. The summed E-state index contributed by atoms with van der Waals surface area (Å²) in [7, 11) is 0. The number of fused-ring (bicyclic) bond motifs is 1. The molecule has 1 N–H and O–H groups in total. The summed E-state index contributed by atoms with van der Waals surface area (Å²) >= 11 is 0. The summed E-state index contributed by atoms with van der Waals surface area (Å²) in [5.74, 6) is -0.0161. The third kappa shape index (κ3) is 2.89. The highest BCUT2D eigenvalue weighted by atomic mass is 16.5. The van der Waals surface area contributed by atoms with Crippen molar-refractivity contribution < 1.29 is 14.3 Å². The van der Waals surface area contributed by atoms with Crippen molar-refractivity contribution in [2.75, 3.05) is 37.8 Å². The molecule has 0 unspecified atom stereocenters. The fraction of sp³-hybridized carbons (Fsp3) is 0.467. The van der Waals surface area contributed by atoms with E-state index in [1.54, 1.807) is 13.8 Å². The molecular weight excluding hydrogens is 300 g/mol. The van der Waals surface area contributed by atoms with Gasteiger partial charge in [-0.3, -0.25) is 9.78 Å². The molecule has 0 aromatic carbocycles. The monoisotopic (exact) mass is 318 g/mol. The first-order chi connectivity index (χ1) is 11.1. The summed E-state index contributed by atoms with van der Waals surface area (Å²) in [5, 5.41) is 0.313. The summed E-state index contributed by atoms with van der Waals surface area (Å²) in [5.41, 5.74) is 0.815. The van der Waals surface area contributed by atoms with Gasteiger partial charge in [-0.1, -0.05) is 0 Å². The fourth-order valence-corrected chi connectivity index (χ4v) is 2.58. The van der Waals surface area contributed by atoms with Crippen LogP contribution < -0.4 is 10.5 Å². The molecule has 1 fully saturated rings. The van der Waals surface area contributed by atoms with E-state index in [-0.39, 0.29) is 17.7 Å². The van der Waals surface area contributed by atoms with E-state index in [0.29, 0.717) is 48.8 Å². The van der Waals surface area contributed by atoms with Gasteiger partial charge in [0.05, 0.1) is 30.8 Å². The average Bonchev–Trinajstić information content (AvgIpc) is 2.55. The standard InChI is InChI=1S/C15H18N4O4/c1-3-23-14(21)10-8-16-12-11(9(10)2)13(20)18-15(17-12)19-4-6-22-7-5-19/h8H,3-7H2,1-2H3,(H,16,17,18,20). The van der Waals surface area contributed by atoms with Crippen molar-refractivity contribution in [2.45, 2.75) is 13.8 Å². The third-order valence-electron chi connectivity index (χ3n) is 3.79. The van der Waals surface area contributed by atoms with Crippen molar-refractivity contribution in [3.8, 4) is 0 Å². The van der Waals surface area contributed by atoms with Crippen LogP contribution in [0, 0.1) is 6.92 Å². The molecule has 1 aliphatic rings. The Hall–Kier alpha value is -2.48. The van der Waals surface area contributed by atoms with Crippen molar-refractivity contribution in [1.29, 1.82) is 0 Å². The molecule has 0 saturated carbocycles. The second-order valence-corrected chi connectivity index (χ2v) is 5.20. The van der Waals surface area contributed by atoms with Crippen LogP contribution in [-0.2, 0) is 9.47 Å². The minimum Gasteiger partial charge on any atom is -0.462 e. The van der Waals surface area contributed by atoms with Crippen LogP contribution in [-0.4, -0.2) is 53.8 Å². The quantitative estimate of drug-likeness (QED) is 0.829. The lowest BCUT2D eigenvalue weighted by Crippen LogP contribution is -2.38. The van der Waals surface area contributed by atoms with E-state index >= 15 is 0 Å². The molecular formula is C15H18N4O4. The number of carbonyl (C=O) groups excluding carboxylic acids is 1. The van der Waals surface area contributed by atoms with Crippen LogP contribution in [0.4, 0.5) is 5.95 Å². The molecule has 0 bridgehead atoms. The molecule has 0 amide bonds. The smallest absolute Gasteiger partial charge is 0.339 e. The zero-order valence-corrected chi connectivity index (χ0v) is 13.1. The number of esters is 1. The zero-order valence-electron chi connectivity index (χ0n) is 13.1. The number of H-pyrrole nitrogens is 1. The molecule has 8 nitrogen and oxygen atoms in total. The minimum absolute atomic E-state index is 0.265. The van der Waals surface area contributed by atoms with E-state index in [9.17, 15) is 9.59 Å². The van der Waals surface area contributed by atoms with Crippen molar-refractivity contribution in [3.63, 3.8) is 0 Å². The molecule has 3 rings (SSSR count). The van der Waals surface area contributed by atoms with Gasteiger partial charge in [-0.05, 0) is 19.4 Å². The van der Waals surface area contributed by atoms with Gasteiger partial charge in [-0.15, -0.1) is 0 Å². The molecule has 0 radical (unpaired) electrons. The number of nitrogens with one attached hydrogen (secondary N) is 1. The van der Waals surface area contributed by atoms with E-state index < -0.39 is 5.97 Å². The number of morpholine rings is 1. The van der Waals surface area contributed by atoms with Crippen LogP contribution in [0.5, 0.6) is 0 Å². The lowest BCUT2D eigenvalue weighted by molar-refractivity contribution is 0.0525. The van der Waals surface area contributed by atoms with Crippen LogP contribution in [0.15, 0.2) is 11.0 Å². The Morgan fingerprint density at radius 3 is 2.87 bits per heavy atom. The summed E-state index contributed by atoms with van der Waals surface area (Å²) in [6.45, 7) is 6.20. The van der Waals surface area contributed by atoms with Gasteiger partial charge in [0.2, 0.25) is 5.95 Å². The first-order valence-electron chi connectivity index (χ1n) is 7.51. The molecule has 1 saturated heterocycles. The normalized spacial score (nSPS) is 15.0. The summed E-state index contributed by atoms with van der Waals surface area (Å²) < 4.78 is 10.3. The van der Waals surface area contributed by atoms with E-state index in [2.05, 4.69) is 15.0 Å². The number of carbonyl (C=O) groups is 1. The Labute approximate surface area is 132 Å². The Bertz CT molecular complexity index is 796. The SMILES string of the molecule is CCOC(=O)c1cnc2nc(N3CCOCC3)[nH]c(=O)c2c1C. The van der Waals surface area contributed by atoms with Crippen LogP contribution in [0.1, 0.15) is 22.8 Å². The molecule has 23 heavy (non-hydrogen) atoms. The van der Waals surface area contributed by atoms with Gasteiger partial charge >= 0.3 is 5.97 Å². The molecule has 8 heteroatoms. The van der Waals surface area contributed by atoms with E-state index in [4.69, 9.17) is 9.47 Å². The molecule has 1 aliphatic heterocycles. The van der Waals surface area contributed by atoms with Crippen LogP contribution in [0.25, 0.3) is 11.0 Å². The van der Waals surface area contributed by atoms with Crippen molar-refractivity contribution in [2.24, 2.45) is 0 Å². The number of rotatable bonds is 3. The maximum atomic E-state index is 12.5. The lowest BCUT2D eigenvalue weighted by atomic mass is 10.1. The second-order valence-electron chi connectivity index (χ2n) is 5.20. The minimum atomic E-state index is -0.490. The average molecular weight is 318 g/mol. The number of ether oxygens (including phenoxy) is 2. The van der Waals surface area contributed by atoms with Gasteiger partial charge in [-0.2, -0.15) is 4.98 Å². The van der Waals surface area contributed by atoms with E-state index in [1.165, 1.54) is 6.20 Å². The Morgan fingerprint density at radius 1 is 1.43 bits per heavy atom. The Balaban J connectivity index is 2.07. The van der Waals surface area contributed by atoms with E-state index in [1.807, 2.05) is 4.90 Å². The number of aryl methyl sites for hydroxylation is 1. The summed E-state index contributed by atoms with van der Waals surface area (Å²) in [6, 6.07) is 0. The second kappa shape index (κ2) is 6.33. The van der Waals surface area contributed by atoms with Crippen LogP contribution in [0.2, 0.25) is 0 Å². The predicted molar refractivity (Wildman–Crippen MR) is 83.9 cm³/mol.